The van der Waals surface area contributed by atoms with Crippen LogP contribution in [-0.2, 0) is 6.54 Å². The third kappa shape index (κ3) is 5.14. The number of nitrogens with one attached hydrogen (secondary N) is 1. The molecule has 0 fully saturated rings. The molecule has 3 aromatic carbocycles. The fourth-order valence-electron chi connectivity index (χ4n) is 3.65. The highest BCUT2D eigenvalue weighted by Gasteiger charge is 2.31. The fraction of sp³-hybridized carbons (Fsp3) is 0.200. The van der Waals surface area contributed by atoms with Gasteiger partial charge in [-0.1, -0.05) is 70.5 Å². The van der Waals surface area contributed by atoms with Gasteiger partial charge in [0, 0.05) is 37.2 Å². The number of hydrogen-bond acceptors (Lipinski definition) is 3. The maximum Gasteiger partial charge on any atom is 0.190 e. The number of halogens is 1. The number of hydrogen-bond donors (Lipinski definition) is 1. The lowest BCUT2D eigenvalue weighted by molar-refractivity contribution is 0.364. The summed E-state index contributed by atoms with van der Waals surface area (Å²) >= 11 is 9.35. The van der Waals surface area contributed by atoms with Crippen LogP contribution in [0.3, 0.4) is 0 Å². The molecule has 1 aliphatic rings. The molecule has 4 rings (SSSR count). The molecule has 1 heterocycles. The molecule has 6 heteroatoms. The maximum atomic E-state index is 5.78. The van der Waals surface area contributed by atoms with Crippen molar-refractivity contribution in [3.05, 3.63) is 100 Å². The van der Waals surface area contributed by atoms with Crippen molar-refractivity contribution in [3.63, 3.8) is 0 Å². The van der Waals surface area contributed by atoms with Crippen molar-refractivity contribution in [1.29, 1.82) is 0 Å². The number of thiocarbonyl (C=S) groups is 1. The molecule has 0 amide bonds. The maximum absolute atomic E-state index is 5.78. The molecule has 3 aromatic rings. The van der Waals surface area contributed by atoms with Gasteiger partial charge in [0.2, 0.25) is 0 Å². The van der Waals surface area contributed by atoms with Gasteiger partial charge in [0.05, 0.1) is 11.8 Å². The summed E-state index contributed by atoms with van der Waals surface area (Å²) in [6.07, 6.45) is 0.797. The van der Waals surface area contributed by atoms with Crippen molar-refractivity contribution in [2.75, 3.05) is 19.0 Å². The Balaban J connectivity index is 1.60. The Hall–Kier alpha value is -2.70. The Labute approximate surface area is 197 Å². The van der Waals surface area contributed by atoms with Crippen molar-refractivity contribution in [2.24, 2.45) is 5.10 Å². The molecule has 1 aliphatic heterocycles. The molecule has 0 saturated heterocycles. The minimum Gasteiger partial charge on any atom is -0.378 e. The van der Waals surface area contributed by atoms with E-state index in [0.29, 0.717) is 11.7 Å². The van der Waals surface area contributed by atoms with E-state index in [0.717, 1.165) is 22.2 Å². The van der Waals surface area contributed by atoms with Crippen molar-refractivity contribution in [2.45, 2.75) is 19.0 Å². The number of nitrogens with zero attached hydrogens (tertiary/aromatic N) is 3. The van der Waals surface area contributed by atoms with Gasteiger partial charge in [0.25, 0.3) is 0 Å². The first-order valence-corrected chi connectivity index (χ1v) is 11.4. The van der Waals surface area contributed by atoms with Crippen molar-refractivity contribution in [3.8, 4) is 0 Å². The summed E-state index contributed by atoms with van der Waals surface area (Å²) in [7, 11) is 4.10. The molecular formula is C25H25BrN4S. The van der Waals surface area contributed by atoms with Crippen LogP contribution in [0.1, 0.15) is 29.2 Å². The van der Waals surface area contributed by atoms with Crippen LogP contribution in [0.15, 0.2) is 88.4 Å². The van der Waals surface area contributed by atoms with Gasteiger partial charge in [-0.05, 0) is 53.2 Å². The topological polar surface area (TPSA) is 30.9 Å². The van der Waals surface area contributed by atoms with E-state index in [-0.39, 0.29) is 6.04 Å². The third-order valence-corrected chi connectivity index (χ3v) is 6.18. The molecule has 0 saturated carbocycles. The van der Waals surface area contributed by atoms with Gasteiger partial charge in [-0.2, -0.15) is 5.10 Å². The Morgan fingerprint density at radius 1 is 1.06 bits per heavy atom. The predicted molar refractivity (Wildman–Crippen MR) is 137 cm³/mol. The van der Waals surface area contributed by atoms with Crippen molar-refractivity contribution >= 4 is 44.7 Å². The van der Waals surface area contributed by atoms with Crippen LogP contribution in [0.5, 0.6) is 0 Å². The monoisotopic (exact) mass is 492 g/mol. The largest absolute Gasteiger partial charge is 0.378 e. The smallest absolute Gasteiger partial charge is 0.190 e. The van der Waals surface area contributed by atoms with Gasteiger partial charge >= 0.3 is 0 Å². The number of hydrazone groups is 1. The van der Waals surface area contributed by atoms with Crippen LogP contribution in [0.2, 0.25) is 0 Å². The van der Waals surface area contributed by atoms with Crippen LogP contribution < -0.4 is 10.2 Å². The molecule has 4 nitrogen and oxygen atoms in total. The minimum absolute atomic E-state index is 0.0565. The highest BCUT2D eigenvalue weighted by Crippen LogP contribution is 2.34. The van der Waals surface area contributed by atoms with Gasteiger partial charge in [-0.25, -0.2) is 5.01 Å². The first-order valence-electron chi connectivity index (χ1n) is 10.2. The summed E-state index contributed by atoms with van der Waals surface area (Å²) in [6.45, 7) is 0.671. The second kappa shape index (κ2) is 9.62. The standard InChI is InChI=1S/C25H25BrN4S/c1-29(2)22-13-11-19(12-14-22)24-16-23(20-9-6-10-21(26)15-20)28-30(24)25(31)27-17-18-7-4-3-5-8-18/h3-15,24H,16-17H2,1-2H3,(H,27,31). The van der Waals surface area contributed by atoms with E-state index in [1.54, 1.807) is 0 Å². The summed E-state index contributed by atoms with van der Waals surface area (Å²) in [6, 6.07) is 27.2. The van der Waals surface area contributed by atoms with Crippen LogP contribution in [0, 0.1) is 0 Å². The molecule has 0 aliphatic carbocycles. The molecule has 1 unspecified atom stereocenters. The van der Waals surface area contributed by atoms with E-state index >= 15 is 0 Å². The van der Waals surface area contributed by atoms with Gasteiger partial charge in [0.1, 0.15) is 0 Å². The van der Waals surface area contributed by atoms with Crippen LogP contribution >= 0.6 is 28.1 Å². The summed E-state index contributed by atoms with van der Waals surface area (Å²) in [5, 5.41) is 10.9. The lowest BCUT2D eigenvalue weighted by atomic mass is 9.98. The van der Waals surface area contributed by atoms with Gasteiger partial charge in [-0.3, -0.25) is 0 Å². The van der Waals surface area contributed by atoms with Gasteiger partial charge < -0.3 is 10.2 Å². The quantitative estimate of drug-likeness (QED) is 0.460. The zero-order chi connectivity index (χ0) is 21.8. The molecule has 1 atom stereocenters. The predicted octanol–water partition coefficient (Wildman–Crippen LogP) is 5.74. The van der Waals surface area contributed by atoms with Gasteiger partial charge in [-0.15, -0.1) is 0 Å². The zero-order valence-electron chi connectivity index (χ0n) is 17.6. The first-order chi connectivity index (χ1) is 15.0. The highest BCUT2D eigenvalue weighted by atomic mass is 79.9. The SMILES string of the molecule is CN(C)c1ccc(C2CC(c3cccc(Br)c3)=NN2C(=S)NCc2ccccc2)cc1. The second-order valence-corrected chi connectivity index (χ2v) is 9.05. The number of benzene rings is 3. The van der Waals surface area contributed by atoms with E-state index < -0.39 is 0 Å². The van der Waals surface area contributed by atoms with Crippen LogP contribution in [0.4, 0.5) is 5.69 Å². The van der Waals surface area contributed by atoms with E-state index in [1.165, 1.54) is 16.8 Å². The summed E-state index contributed by atoms with van der Waals surface area (Å²) < 4.78 is 1.04. The molecule has 158 valence electrons. The van der Waals surface area contributed by atoms with E-state index in [1.807, 2.05) is 49.4 Å². The summed E-state index contributed by atoms with van der Waals surface area (Å²) in [4.78, 5) is 2.10. The number of rotatable bonds is 5. The average molecular weight is 493 g/mol. The molecule has 1 N–H and O–H groups in total. The average Bonchev–Trinajstić information content (AvgIpc) is 3.24. The molecule has 31 heavy (non-hydrogen) atoms. The Bertz CT molecular complexity index is 1080. The van der Waals surface area contributed by atoms with Crippen molar-refractivity contribution < 1.29 is 0 Å². The second-order valence-electron chi connectivity index (χ2n) is 7.75. The van der Waals surface area contributed by atoms with E-state index in [9.17, 15) is 0 Å². The highest BCUT2D eigenvalue weighted by molar-refractivity contribution is 9.10. The van der Waals surface area contributed by atoms with Gasteiger partial charge in [0.15, 0.2) is 5.11 Å². The molecular weight excluding hydrogens is 468 g/mol. The third-order valence-electron chi connectivity index (χ3n) is 5.36. The molecule has 0 bridgehead atoms. The Kier molecular flexibility index (Phi) is 6.68. The lowest BCUT2D eigenvalue weighted by Gasteiger charge is -2.25. The Morgan fingerprint density at radius 3 is 2.48 bits per heavy atom. The summed E-state index contributed by atoms with van der Waals surface area (Å²) in [5.74, 6) is 0. The van der Waals surface area contributed by atoms with E-state index in [4.69, 9.17) is 17.3 Å². The minimum atomic E-state index is 0.0565. The van der Waals surface area contributed by atoms with Crippen LogP contribution in [-0.4, -0.2) is 29.9 Å². The molecule has 0 radical (unpaired) electrons. The molecule has 0 aromatic heterocycles. The first kappa shape index (κ1) is 21.5. The molecule has 0 spiro atoms. The summed E-state index contributed by atoms with van der Waals surface area (Å²) in [5.41, 5.74) is 5.70. The lowest BCUT2D eigenvalue weighted by Crippen LogP contribution is -2.36. The zero-order valence-corrected chi connectivity index (χ0v) is 20.0. The number of anilines is 1. The normalized spacial score (nSPS) is 15.5. The Morgan fingerprint density at radius 2 is 1.81 bits per heavy atom. The van der Waals surface area contributed by atoms with Crippen molar-refractivity contribution in [1.82, 2.24) is 10.3 Å². The van der Waals surface area contributed by atoms with Crippen LogP contribution in [0.25, 0.3) is 0 Å². The van der Waals surface area contributed by atoms with E-state index in [2.05, 4.69) is 74.7 Å². The fourth-order valence-corrected chi connectivity index (χ4v) is 4.29.